The van der Waals surface area contributed by atoms with Crippen molar-refractivity contribution in [2.24, 2.45) is 0 Å². The van der Waals surface area contributed by atoms with Gasteiger partial charge in [-0.3, -0.25) is 4.98 Å². The van der Waals surface area contributed by atoms with Gasteiger partial charge in [0.05, 0.1) is 17.8 Å². The fourth-order valence-electron chi connectivity index (χ4n) is 1.80. The van der Waals surface area contributed by atoms with Crippen LogP contribution in [0.2, 0.25) is 0 Å². The molecule has 0 amide bonds. The lowest BCUT2D eigenvalue weighted by Gasteiger charge is -2.13. The van der Waals surface area contributed by atoms with Gasteiger partial charge in [0, 0.05) is 17.1 Å². The first-order valence-electron chi connectivity index (χ1n) is 5.99. The maximum Gasteiger partial charge on any atom is 0.418 e. The highest BCUT2D eigenvalue weighted by molar-refractivity contribution is 5.58. The molecule has 0 saturated carbocycles. The van der Waals surface area contributed by atoms with Crippen molar-refractivity contribution >= 4 is 11.4 Å². The van der Waals surface area contributed by atoms with Crippen LogP contribution in [0.1, 0.15) is 17.0 Å². The molecule has 2 rings (SSSR count). The van der Waals surface area contributed by atoms with Crippen molar-refractivity contribution in [2.45, 2.75) is 19.6 Å². The molecule has 1 aromatic heterocycles. The van der Waals surface area contributed by atoms with Crippen molar-refractivity contribution < 1.29 is 13.2 Å². The number of nitrogens with two attached hydrogens (primary N) is 1. The SMILES string of the molecule is Cc1cccc(CNc2ccc(N)c(C(F)(F)F)c2)n1. The molecule has 20 heavy (non-hydrogen) atoms. The molecule has 0 fully saturated rings. The summed E-state index contributed by atoms with van der Waals surface area (Å²) in [6, 6.07) is 9.28. The molecule has 0 radical (unpaired) electrons. The number of nitrogen functional groups attached to an aromatic ring is 1. The van der Waals surface area contributed by atoms with E-state index in [1.54, 1.807) is 0 Å². The van der Waals surface area contributed by atoms with Crippen LogP contribution in [0, 0.1) is 6.92 Å². The van der Waals surface area contributed by atoms with Gasteiger partial charge in [0.15, 0.2) is 0 Å². The second-order valence-corrected chi connectivity index (χ2v) is 4.42. The summed E-state index contributed by atoms with van der Waals surface area (Å²) in [6.45, 7) is 2.21. The molecule has 0 spiro atoms. The Hall–Kier alpha value is -2.24. The summed E-state index contributed by atoms with van der Waals surface area (Å²) < 4.78 is 38.2. The van der Waals surface area contributed by atoms with Crippen LogP contribution >= 0.6 is 0 Å². The van der Waals surface area contributed by atoms with Gasteiger partial charge in [-0.15, -0.1) is 0 Å². The molecule has 106 valence electrons. The van der Waals surface area contributed by atoms with Gasteiger partial charge >= 0.3 is 6.18 Å². The number of alkyl halides is 3. The van der Waals surface area contributed by atoms with E-state index in [2.05, 4.69) is 10.3 Å². The number of halogens is 3. The van der Waals surface area contributed by atoms with E-state index < -0.39 is 11.7 Å². The summed E-state index contributed by atoms with van der Waals surface area (Å²) in [7, 11) is 0. The van der Waals surface area contributed by atoms with E-state index >= 15 is 0 Å². The van der Waals surface area contributed by atoms with Crippen molar-refractivity contribution in [3.8, 4) is 0 Å². The maximum absolute atomic E-state index is 12.7. The molecule has 1 heterocycles. The fraction of sp³-hybridized carbons (Fsp3) is 0.214. The Morgan fingerprint density at radius 3 is 2.60 bits per heavy atom. The first-order valence-corrected chi connectivity index (χ1v) is 5.99. The van der Waals surface area contributed by atoms with Gasteiger partial charge < -0.3 is 11.1 Å². The standard InChI is InChI=1S/C14H14F3N3/c1-9-3-2-4-11(20-9)8-19-10-5-6-13(18)12(7-10)14(15,16)17/h2-7,19H,8,18H2,1H3. The van der Waals surface area contributed by atoms with E-state index in [0.29, 0.717) is 12.2 Å². The summed E-state index contributed by atoms with van der Waals surface area (Å²) in [5.74, 6) is 0. The maximum atomic E-state index is 12.7. The highest BCUT2D eigenvalue weighted by Gasteiger charge is 2.33. The number of pyridine rings is 1. The highest BCUT2D eigenvalue weighted by Crippen LogP contribution is 2.35. The minimum absolute atomic E-state index is 0.281. The Kier molecular flexibility index (Phi) is 3.83. The number of rotatable bonds is 3. The third-order valence-corrected chi connectivity index (χ3v) is 2.78. The van der Waals surface area contributed by atoms with Crippen LogP contribution in [0.15, 0.2) is 36.4 Å². The molecule has 0 bridgehead atoms. The van der Waals surface area contributed by atoms with E-state index in [1.165, 1.54) is 12.1 Å². The van der Waals surface area contributed by atoms with Crippen LogP contribution in [0.25, 0.3) is 0 Å². The lowest BCUT2D eigenvalue weighted by molar-refractivity contribution is -0.136. The Balaban J connectivity index is 2.14. The van der Waals surface area contributed by atoms with E-state index in [1.807, 2.05) is 25.1 Å². The van der Waals surface area contributed by atoms with Crippen molar-refractivity contribution in [2.75, 3.05) is 11.1 Å². The van der Waals surface area contributed by atoms with Gasteiger partial charge in [-0.25, -0.2) is 0 Å². The smallest absolute Gasteiger partial charge is 0.398 e. The van der Waals surface area contributed by atoms with Crippen molar-refractivity contribution in [1.29, 1.82) is 0 Å². The molecule has 0 aliphatic heterocycles. The van der Waals surface area contributed by atoms with E-state index in [9.17, 15) is 13.2 Å². The Morgan fingerprint density at radius 2 is 1.95 bits per heavy atom. The zero-order valence-corrected chi connectivity index (χ0v) is 10.8. The predicted octanol–water partition coefficient (Wildman–Crippen LogP) is 3.60. The number of anilines is 2. The predicted molar refractivity (Wildman–Crippen MR) is 72.2 cm³/mol. The summed E-state index contributed by atoms with van der Waals surface area (Å²) >= 11 is 0. The largest absolute Gasteiger partial charge is 0.418 e. The number of aromatic nitrogens is 1. The van der Waals surface area contributed by atoms with Crippen molar-refractivity contribution in [1.82, 2.24) is 4.98 Å². The highest BCUT2D eigenvalue weighted by atomic mass is 19.4. The zero-order valence-electron chi connectivity index (χ0n) is 10.8. The number of benzene rings is 1. The Bertz CT molecular complexity index is 609. The second kappa shape index (κ2) is 5.40. The molecule has 3 N–H and O–H groups in total. The van der Waals surface area contributed by atoms with Gasteiger partial charge in [0.1, 0.15) is 0 Å². The van der Waals surface area contributed by atoms with Crippen LogP contribution in [-0.4, -0.2) is 4.98 Å². The summed E-state index contributed by atoms with van der Waals surface area (Å²) in [4.78, 5) is 4.27. The van der Waals surface area contributed by atoms with Crippen LogP contribution in [0.4, 0.5) is 24.5 Å². The lowest BCUT2D eigenvalue weighted by atomic mass is 10.1. The first-order chi connectivity index (χ1) is 9.36. The third kappa shape index (κ3) is 3.40. The minimum atomic E-state index is -4.46. The molecule has 0 aliphatic rings. The van der Waals surface area contributed by atoms with Crippen LogP contribution in [-0.2, 0) is 12.7 Å². The van der Waals surface area contributed by atoms with Gasteiger partial charge in [0.2, 0.25) is 0 Å². The Morgan fingerprint density at radius 1 is 1.20 bits per heavy atom. The summed E-state index contributed by atoms with van der Waals surface area (Å²) in [5, 5.41) is 2.91. The number of hydrogen-bond donors (Lipinski definition) is 2. The van der Waals surface area contributed by atoms with Crippen molar-refractivity contribution in [3.05, 3.63) is 53.3 Å². The third-order valence-electron chi connectivity index (χ3n) is 2.78. The van der Waals surface area contributed by atoms with Crippen LogP contribution in [0.5, 0.6) is 0 Å². The molecule has 0 atom stereocenters. The summed E-state index contributed by atoms with van der Waals surface area (Å²) in [5.41, 5.74) is 6.20. The topological polar surface area (TPSA) is 50.9 Å². The molecule has 3 nitrogen and oxygen atoms in total. The van der Waals surface area contributed by atoms with Crippen molar-refractivity contribution in [3.63, 3.8) is 0 Å². The average molecular weight is 281 g/mol. The monoisotopic (exact) mass is 281 g/mol. The van der Waals surface area contributed by atoms with Gasteiger partial charge in [-0.1, -0.05) is 6.07 Å². The quantitative estimate of drug-likeness (QED) is 0.845. The normalized spacial score (nSPS) is 11.4. The van der Waals surface area contributed by atoms with Gasteiger partial charge in [0.25, 0.3) is 0 Å². The van der Waals surface area contributed by atoms with E-state index in [4.69, 9.17) is 5.73 Å². The van der Waals surface area contributed by atoms with E-state index in [0.717, 1.165) is 17.5 Å². The zero-order chi connectivity index (χ0) is 14.8. The number of hydrogen-bond acceptors (Lipinski definition) is 3. The number of nitrogens with one attached hydrogen (secondary N) is 1. The minimum Gasteiger partial charge on any atom is -0.398 e. The lowest BCUT2D eigenvalue weighted by Crippen LogP contribution is -2.10. The fourth-order valence-corrected chi connectivity index (χ4v) is 1.80. The summed E-state index contributed by atoms with van der Waals surface area (Å²) in [6.07, 6.45) is -4.46. The molecular weight excluding hydrogens is 267 g/mol. The first kappa shape index (κ1) is 14.2. The molecule has 2 aromatic rings. The number of nitrogens with zero attached hydrogens (tertiary/aromatic N) is 1. The molecule has 0 saturated heterocycles. The average Bonchev–Trinajstić information content (AvgIpc) is 2.36. The molecule has 0 aliphatic carbocycles. The Labute approximate surface area is 114 Å². The van der Waals surface area contributed by atoms with Crippen LogP contribution in [0.3, 0.4) is 0 Å². The second-order valence-electron chi connectivity index (χ2n) is 4.42. The molecular formula is C14H14F3N3. The van der Waals surface area contributed by atoms with Gasteiger partial charge in [-0.05, 0) is 37.3 Å². The van der Waals surface area contributed by atoms with Crippen LogP contribution < -0.4 is 11.1 Å². The molecule has 1 aromatic carbocycles. The molecule has 0 unspecified atom stereocenters. The molecule has 6 heteroatoms. The number of aryl methyl sites for hydroxylation is 1. The van der Waals surface area contributed by atoms with E-state index in [-0.39, 0.29) is 5.69 Å². The van der Waals surface area contributed by atoms with Gasteiger partial charge in [-0.2, -0.15) is 13.2 Å².